The van der Waals surface area contributed by atoms with Gasteiger partial charge < -0.3 is 10.2 Å². The highest BCUT2D eigenvalue weighted by Gasteiger charge is 2.10. The zero-order valence-electron chi connectivity index (χ0n) is 10.7. The molecule has 2 heterocycles. The van der Waals surface area contributed by atoms with Gasteiger partial charge in [0.1, 0.15) is 5.75 Å². The molecule has 20 heavy (non-hydrogen) atoms. The molecule has 0 saturated heterocycles. The first-order valence-corrected chi connectivity index (χ1v) is 6.02. The van der Waals surface area contributed by atoms with Crippen LogP contribution in [0.3, 0.4) is 0 Å². The number of fused-ring (bicyclic) bond motifs is 1. The van der Waals surface area contributed by atoms with Crippen LogP contribution >= 0.6 is 0 Å². The maximum atomic E-state index is 9.74. The van der Waals surface area contributed by atoms with Crippen LogP contribution in [-0.2, 0) is 0 Å². The van der Waals surface area contributed by atoms with E-state index in [4.69, 9.17) is 0 Å². The van der Waals surface area contributed by atoms with Gasteiger partial charge in [-0.1, -0.05) is 0 Å². The lowest BCUT2D eigenvalue weighted by atomic mass is 10.3. The number of aryl methyl sites for hydroxylation is 1. The van der Waals surface area contributed by atoms with Gasteiger partial charge in [-0.15, -0.1) is 10.2 Å². The molecule has 6 heteroatoms. The lowest BCUT2D eigenvalue weighted by molar-refractivity contribution is 0.475. The van der Waals surface area contributed by atoms with Crippen LogP contribution < -0.4 is 0 Å². The van der Waals surface area contributed by atoms with E-state index in [2.05, 4.69) is 15.2 Å². The summed E-state index contributed by atoms with van der Waals surface area (Å²) in [5.74, 6) is 0.838. The fourth-order valence-electron chi connectivity index (χ4n) is 1.90. The molecule has 0 saturated carbocycles. The van der Waals surface area contributed by atoms with Crippen LogP contribution in [0.2, 0.25) is 0 Å². The highest BCUT2D eigenvalue weighted by atomic mass is 16.3. The number of phenolic OH excluding ortho intramolecular Hbond substituents is 1. The molecular weight excluding hydrogens is 256 g/mol. The summed E-state index contributed by atoms with van der Waals surface area (Å²) in [6.07, 6.45) is 1.76. The van der Waals surface area contributed by atoms with E-state index in [1.807, 2.05) is 0 Å². The van der Waals surface area contributed by atoms with Crippen LogP contribution in [0.15, 0.2) is 52.8 Å². The number of aromatic nitrogens is 2. The van der Waals surface area contributed by atoms with E-state index in [0.29, 0.717) is 22.8 Å². The molecule has 3 rings (SSSR count). The molecule has 0 unspecified atom stereocenters. The summed E-state index contributed by atoms with van der Waals surface area (Å²) < 4.78 is 1.68. The molecule has 0 bridgehead atoms. The second-order valence-electron chi connectivity index (χ2n) is 4.32. The molecule has 6 nitrogen and oxygen atoms in total. The fraction of sp³-hybridized carbons (Fsp3) is 0.0714. The highest BCUT2D eigenvalue weighted by Crippen LogP contribution is 2.27. The first-order chi connectivity index (χ1) is 9.65. The Bertz CT molecular complexity index is 791. The molecule has 0 amide bonds. The third kappa shape index (κ3) is 2.07. The molecule has 100 valence electrons. The van der Waals surface area contributed by atoms with Crippen molar-refractivity contribution in [2.24, 2.45) is 10.2 Å². The molecule has 0 aliphatic heterocycles. The molecule has 0 atom stereocenters. The standard InChI is InChI=1S/C14H12N4O2/c1-9-13(17-16-10-4-6-11(19)7-5-10)18-8-2-3-12(20)14(18)15-9/h2-8,19-20H,1H3. The lowest BCUT2D eigenvalue weighted by Crippen LogP contribution is -1.82. The number of nitrogens with zero attached hydrogens (tertiary/aromatic N) is 4. The molecule has 0 radical (unpaired) electrons. The zero-order valence-corrected chi connectivity index (χ0v) is 10.7. The minimum absolute atomic E-state index is 0.0988. The summed E-state index contributed by atoms with van der Waals surface area (Å²) in [6.45, 7) is 1.80. The Hall–Kier alpha value is -2.89. The average molecular weight is 268 g/mol. The monoisotopic (exact) mass is 268 g/mol. The molecule has 0 aliphatic carbocycles. The minimum Gasteiger partial charge on any atom is -0.508 e. The molecule has 0 spiro atoms. The Balaban J connectivity index is 2.04. The number of benzene rings is 1. The van der Waals surface area contributed by atoms with Gasteiger partial charge in [0.15, 0.2) is 17.2 Å². The van der Waals surface area contributed by atoms with Crippen molar-refractivity contribution in [1.82, 2.24) is 9.38 Å². The third-order valence-electron chi connectivity index (χ3n) is 2.88. The van der Waals surface area contributed by atoms with Gasteiger partial charge in [0, 0.05) is 6.20 Å². The second kappa shape index (κ2) is 4.65. The SMILES string of the molecule is Cc1nc2c(O)cccn2c1N=Nc1ccc(O)cc1. The quantitative estimate of drug-likeness (QED) is 0.698. The Kier molecular flexibility index (Phi) is 2.83. The van der Waals surface area contributed by atoms with Gasteiger partial charge in [-0.05, 0) is 43.3 Å². The van der Waals surface area contributed by atoms with E-state index in [9.17, 15) is 10.2 Å². The van der Waals surface area contributed by atoms with Crippen molar-refractivity contribution in [3.05, 3.63) is 48.3 Å². The number of hydrogen-bond donors (Lipinski definition) is 2. The molecule has 2 N–H and O–H groups in total. The Morgan fingerprint density at radius 2 is 1.80 bits per heavy atom. The molecule has 1 aromatic carbocycles. The first kappa shape index (κ1) is 12.2. The van der Waals surface area contributed by atoms with E-state index in [1.165, 1.54) is 0 Å². The van der Waals surface area contributed by atoms with Gasteiger partial charge in [-0.25, -0.2) is 4.98 Å². The predicted octanol–water partition coefficient (Wildman–Crippen LogP) is 3.47. The Morgan fingerprint density at radius 3 is 2.55 bits per heavy atom. The molecule has 0 fully saturated rings. The van der Waals surface area contributed by atoms with Gasteiger partial charge >= 0.3 is 0 Å². The van der Waals surface area contributed by atoms with Crippen molar-refractivity contribution in [3.8, 4) is 11.5 Å². The fourth-order valence-corrected chi connectivity index (χ4v) is 1.90. The number of pyridine rings is 1. The third-order valence-corrected chi connectivity index (χ3v) is 2.88. The summed E-state index contributed by atoms with van der Waals surface area (Å²) in [6, 6.07) is 9.69. The van der Waals surface area contributed by atoms with Crippen molar-refractivity contribution in [3.63, 3.8) is 0 Å². The number of azo groups is 1. The minimum atomic E-state index is 0.0988. The van der Waals surface area contributed by atoms with Crippen LogP contribution in [0.1, 0.15) is 5.69 Å². The van der Waals surface area contributed by atoms with Crippen molar-refractivity contribution < 1.29 is 10.2 Å². The molecule has 2 aromatic heterocycles. The summed E-state index contributed by atoms with van der Waals surface area (Å²) in [5, 5.41) is 27.2. The zero-order chi connectivity index (χ0) is 14.1. The molecular formula is C14H12N4O2. The van der Waals surface area contributed by atoms with Crippen molar-refractivity contribution in [2.45, 2.75) is 6.92 Å². The number of phenols is 1. The van der Waals surface area contributed by atoms with Crippen molar-refractivity contribution in [1.29, 1.82) is 0 Å². The number of aromatic hydroxyl groups is 2. The topological polar surface area (TPSA) is 82.5 Å². The summed E-state index contributed by atoms with van der Waals surface area (Å²) in [5.41, 5.74) is 1.75. The highest BCUT2D eigenvalue weighted by molar-refractivity contribution is 5.59. The van der Waals surface area contributed by atoms with Gasteiger partial charge in [0.2, 0.25) is 0 Å². The van der Waals surface area contributed by atoms with Crippen LogP contribution in [0.4, 0.5) is 11.5 Å². The summed E-state index contributed by atoms with van der Waals surface area (Å²) in [7, 11) is 0. The Morgan fingerprint density at radius 1 is 1.05 bits per heavy atom. The van der Waals surface area contributed by atoms with Gasteiger partial charge in [0.25, 0.3) is 0 Å². The van der Waals surface area contributed by atoms with Gasteiger partial charge in [0.05, 0.1) is 11.4 Å². The maximum Gasteiger partial charge on any atom is 0.182 e. The number of hydrogen-bond acceptors (Lipinski definition) is 5. The van der Waals surface area contributed by atoms with E-state index in [1.54, 1.807) is 53.9 Å². The van der Waals surface area contributed by atoms with Crippen LogP contribution in [0, 0.1) is 6.92 Å². The van der Waals surface area contributed by atoms with Crippen LogP contribution in [0.25, 0.3) is 5.65 Å². The molecule has 3 aromatic rings. The average Bonchev–Trinajstić information content (AvgIpc) is 2.76. The second-order valence-corrected chi connectivity index (χ2v) is 4.32. The smallest absolute Gasteiger partial charge is 0.182 e. The van der Waals surface area contributed by atoms with Crippen molar-refractivity contribution >= 4 is 17.2 Å². The molecule has 0 aliphatic rings. The van der Waals surface area contributed by atoms with E-state index in [0.717, 1.165) is 0 Å². The Labute approximate surface area is 114 Å². The largest absolute Gasteiger partial charge is 0.508 e. The van der Waals surface area contributed by atoms with Crippen LogP contribution in [0.5, 0.6) is 11.5 Å². The van der Waals surface area contributed by atoms with Gasteiger partial charge in [-0.3, -0.25) is 4.40 Å². The van der Waals surface area contributed by atoms with Crippen LogP contribution in [-0.4, -0.2) is 19.6 Å². The number of rotatable bonds is 2. The van der Waals surface area contributed by atoms with E-state index < -0.39 is 0 Å². The number of imidazole rings is 1. The van der Waals surface area contributed by atoms with Gasteiger partial charge in [-0.2, -0.15) is 0 Å². The maximum absolute atomic E-state index is 9.74. The first-order valence-electron chi connectivity index (χ1n) is 6.02. The summed E-state index contributed by atoms with van der Waals surface area (Å²) in [4.78, 5) is 4.26. The normalized spacial score (nSPS) is 11.4. The summed E-state index contributed by atoms with van der Waals surface area (Å²) >= 11 is 0. The lowest BCUT2D eigenvalue weighted by Gasteiger charge is -1.97. The van der Waals surface area contributed by atoms with Crippen molar-refractivity contribution in [2.75, 3.05) is 0 Å². The van der Waals surface area contributed by atoms with E-state index >= 15 is 0 Å². The van der Waals surface area contributed by atoms with E-state index in [-0.39, 0.29) is 11.5 Å². The predicted molar refractivity (Wildman–Crippen MR) is 73.9 cm³/mol.